The normalized spacial score (nSPS) is 10.5. The van der Waals surface area contributed by atoms with Gasteiger partial charge in [0.1, 0.15) is 0 Å². The molecule has 0 aliphatic carbocycles. The van der Waals surface area contributed by atoms with E-state index in [4.69, 9.17) is 0 Å². The molecule has 2 heterocycles. The molecule has 0 atom stereocenters. The molecule has 0 spiro atoms. The molecule has 0 saturated carbocycles. The van der Waals surface area contributed by atoms with E-state index in [1.165, 1.54) is 0 Å². The van der Waals surface area contributed by atoms with Gasteiger partial charge in [-0.2, -0.15) is 5.10 Å². The van der Waals surface area contributed by atoms with E-state index in [-0.39, 0.29) is 0 Å². The Morgan fingerprint density at radius 1 is 1.41 bits per heavy atom. The van der Waals surface area contributed by atoms with Gasteiger partial charge in [0.15, 0.2) is 0 Å². The van der Waals surface area contributed by atoms with Crippen molar-refractivity contribution in [3.63, 3.8) is 0 Å². The van der Waals surface area contributed by atoms with Crippen molar-refractivity contribution in [2.75, 3.05) is 11.9 Å². The smallest absolute Gasteiger partial charge is 0.223 e. The summed E-state index contributed by atoms with van der Waals surface area (Å²) in [5.74, 6) is 0.675. The summed E-state index contributed by atoms with van der Waals surface area (Å²) >= 11 is 0. The molecule has 0 saturated heterocycles. The minimum absolute atomic E-state index is 0.675. The summed E-state index contributed by atoms with van der Waals surface area (Å²) in [6.07, 6.45) is 4.67. The van der Waals surface area contributed by atoms with Gasteiger partial charge in [-0.05, 0) is 25.0 Å². The highest BCUT2D eigenvalue weighted by Gasteiger charge is 2.09. The molecule has 2 rings (SSSR count). The minimum atomic E-state index is 0.675. The second-order valence-electron chi connectivity index (χ2n) is 3.99. The topological polar surface area (TPSA) is 55.6 Å². The van der Waals surface area contributed by atoms with E-state index in [1.54, 1.807) is 6.20 Å². The number of aryl methyl sites for hydroxylation is 2. The van der Waals surface area contributed by atoms with Crippen LogP contribution in [0.15, 0.2) is 18.5 Å². The largest absolute Gasteiger partial charge is 0.354 e. The average Bonchev–Trinajstić information content (AvgIpc) is 2.74. The zero-order chi connectivity index (χ0) is 12.3. The van der Waals surface area contributed by atoms with Gasteiger partial charge in [-0.1, -0.05) is 6.92 Å². The summed E-state index contributed by atoms with van der Waals surface area (Å²) in [7, 11) is 1.91. The van der Waals surface area contributed by atoms with Crippen LogP contribution in [0.1, 0.15) is 18.9 Å². The van der Waals surface area contributed by atoms with Crippen molar-refractivity contribution < 1.29 is 0 Å². The van der Waals surface area contributed by atoms with Crippen LogP contribution in [0.5, 0.6) is 0 Å². The Bertz CT molecular complexity index is 503. The third-order valence-electron chi connectivity index (χ3n) is 2.57. The molecule has 0 aliphatic rings. The Balaban J connectivity index is 2.36. The van der Waals surface area contributed by atoms with Crippen LogP contribution in [0.4, 0.5) is 5.95 Å². The fourth-order valence-corrected chi connectivity index (χ4v) is 1.63. The van der Waals surface area contributed by atoms with Gasteiger partial charge in [-0.3, -0.25) is 4.68 Å². The lowest BCUT2D eigenvalue weighted by Crippen LogP contribution is -2.06. The first-order chi connectivity index (χ1) is 8.22. The zero-order valence-electron chi connectivity index (χ0n) is 10.4. The molecule has 2 aromatic rings. The van der Waals surface area contributed by atoms with Gasteiger partial charge in [-0.25, -0.2) is 9.97 Å². The van der Waals surface area contributed by atoms with E-state index in [0.717, 1.165) is 29.9 Å². The zero-order valence-corrected chi connectivity index (χ0v) is 10.4. The van der Waals surface area contributed by atoms with E-state index in [9.17, 15) is 0 Å². The van der Waals surface area contributed by atoms with Crippen LogP contribution in [-0.4, -0.2) is 26.3 Å². The number of rotatable bonds is 4. The Labute approximate surface area is 101 Å². The quantitative estimate of drug-likeness (QED) is 0.874. The maximum Gasteiger partial charge on any atom is 0.223 e. The molecule has 5 heteroatoms. The third kappa shape index (κ3) is 2.43. The first kappa shape index (κ1) is 11.6. The predicted molar refractivity (Wildman–Crippen MR) is 67.8 cm³/mol. The van der Waals surface area contributed by atoms with E-state index >= 15 is 0 Å². The number of aromatic nitrogens is 4. The summed E-state index contributed by atoms with van der Waals surface area (Å²) < 4.78 is 1.82. The lowest BCUT2D eigenvalue weighted by Gasteiger charge is -2.08. The average molecular weight is 231 g/mol. The van der Waals surface area contributed by atoms with Crippen LogP contribution in [-0.2, 0) is 7.05 Å². The Morgan fingerprint density at radius 2 is 2.24 bits per heavy atom. The predicted octanol–water partition coefficient (Wildman–Crippen LogP) is 2.01. The molecule has 2 aromatic heterocycles. The number of nitrogens with one attached hydrogen (secondary N) is 1. The van der Waals surface area contributed by atoms with Gasteiger partial charge >= 0.3 is 0 Å². The van der Waals surface area contributed by atoms with Crippen LogP contribution in [0.25, 0.3) is 11.4 Å². The maximum absolute atomic E-state index is 4.53. The Hall–Kier alpha value is -1.91. The lowest BCUT2D eigenvalue weighted by atomic mass is 10.2. The lowest BCUT2D eigenvalue weighted by molar-refractivity contribution is 0.772. The van der Waals surface area contributed by atoms with Crippen LogP contribution >= 0.6 is 0 Å². The van der Waals surface area contributed by atoms with Crippen LogP contribution in [0, 0.1) is 6.92 Å². The number of hydrogen-bond donors (Lipinski definition) is 1. The minimum Gasteiger partial charge on any atom is -0.354 e. The number of hydrogen-bond acceptors (Lipinski definition) is 4. The van der Waals surface area contributed by atoms with E-state index in [1.807, 2.05) is 30.9 Å². The van der Waals surface area contributed by atoms with Crippen LogP contribution in [0.2, 0.25) is 0 Å². The highest BCUT2D eigenvalue weighted by Crippen LogP contribution is 2.20. The Kier molecular flexibility index (Phi) is 3.37. The van der Waals surface area contributed by atoms with Crippen molar-refractivity contribution in [2.24, 2.45) is 7.05 Å². The summed E-state index contributed by atoms with van der Waals surface area (Å²) in [6.45, 7) is 5.00. The Morgan fingerprint density at radius 3 is 2.88 bits per heavy atom. The van der Waals surface area contributed by atoms with Crippen LogP contribution < -0.4 is 5.32 Å². The number of anilines is 1. The summed E-state index contributed by atoms with van der Waals surface area (Å²) in [5.41, 5.74) is 2.98. The van der Waals surface area contributed by atoms with E-state index in [0.29, 0.717) is 5.95 Å². The SMILES string of the molecule is CCCNc1ncc(C)c(-c2ccnn2C)n1. The second-order valence-corrected chi connectivity index (χ2v) is 3.99. The standard InChI is InChI=1S/C12H17N5/c1-4-6-13-12-14-8-9(2)11(16-12)10-5-7-15-17(10)3/h5,7-8H,4,6H2,1-3H3,(H,13,14,16). The van der Waals surface area contributed by atoms with Gasteiger partial charge in [0.2, 0.25) is 5.95 Å². The maximum atomic E-state index is 4.53. The molecule has 0 aliphatic heterocycles. The molecule has 0 bridgehead atoms. The van der Waals surface area contributed by atoms with Gasteiger partial charge in [-0.15, -0.1) is 0 Å². The van der Waals surface area contributed by atoms with Crippen molar-refractivity contribution in [2.45, 2.75) is 20.3 Å². The van der Waals surface area contributed by atoms with Crippen molar-refractivity contribution in [3.8, 4) is 11.4 Å². The highest BCUT2D eigenvalue weighted by molar-refractivity contribution is 5.59. The molecule has 0 fully saturated rings. The van der Waals surface area contributed by atoms with Gasteiger partial charge in [0.05, 0.1) is 11.4 Å². The first-order valence-electron chi connectivity index (χ1n) is 5.78. The molecule has 0 amide bonds. The van der Waals surface area contributed by atoms with Crippen molar-refractivity contribution in [3.05, 3.63) is 24.0 Å². The van der Waals surface area contributed by atoms with Gasteiger partial charge in [0, 0.05) is 26.0 Å². The van der Waals surface area contributed by atoms with Gasteiger partial charge < -0.3 is 5.32 Å². The molecular formula is C12H17N5. The van der Waals surface area contributed by atoms with E-state index in [2.05, 4.69) is 27.3 Å². The fraction of sp³-hybridized carbons (Fsp3) is 0.417. The number of nitrogens with zero attached hydrogens (tertiary/aromatic N) is 4. The van der Waals surface area contributed by atoms with Crippen molar-refractivity contribution >= 4 is 5.95 Å². The molecule has 5 nitrogen and oxygen atoms in total. The van der Waals surface area contributed by atoms with Crippen molar-refractivity contribution in [1.82, 2.24) is 19.7 Å². The molecule has 17 heavy (non-hydrogen) atoms. The first-order valence-corrected chi connectivity index (χ1v) is 5.78. The molecule has 0 aromatic carbocycles. The highest BCUT2D eigenvalue weighted by atomic mass is 15.3. The van der Waals surface area contributed by atoms with Gasteiger partial charge in [0.25, 0.3) is 0 Å². The summed E-state index contributed by atoms with van der Waals surface area (Å²) in [4.78, 5) is 8.79. The summed E-state index contributed by atoms with van der Waals surface area (Å²) in [5, 5.41) is 7.35. The third-order valence-corrected chi connectivity index (χ3v) is 2.57. The fourth-order valence-electron chi connectivity index (χ4n) is 1.63. The van der Waals surface area contributed by atoms with E-state index < -0.39 is 0 Å². The molecule has 1 N–H and O–H groups in total. The van der Waals surface area contributed by atoms with Crippen molar-refractivity contribution in [1.29, 1.82) is 0 Å². The monoisotopic (exact) mass is 231 g/mol. The molecule has 90 valence electrons. The van der Waals surface area contributed by atoms with Crippen LogP contribution in [0.3, 0.4) is 0 Å². The molecule has 0 unspecified atom stereocenters. The molecule has 0 radical (unpaired) electrons. The molecular weight excluding hydrogens is 214 g/mol. The second kappa shape index (κ2) is 4.95. The summed E-state index contributed by atoms with van der Waals surface area (Å²) in [6, 6.07) is 1.96.